The second-order valence-corrected chi connectivity index (χ2v) is 6.26. The average molecular weight is 370 g/mol. The molecule has 0 spiro atoms. The number of methoxy groups -OCH3 is 1. The Kier molecular flexibility index (Phi) is 7.07. The lowest BCUT2D eigenvalue weighted by Gasteiger charge is -2.37. The number of hydrogen-bond acceptors (Lipinski definition) is 5. The molecule has 0 radical (unpaired) electrons. The second kappa shape index (κ2) is 9.94. The number of piperazine rings is 1. The fourth-order valence-corrected chi connectivity index (χ4v) is 3.20. The summed E-state index contributed by atoms with van der Waals surface area (Å²) in [6, 6.07) is 17.3. The highest BCUT2D eigenvalue weighted by Gasteiger charge is 2.29. The summed E-state index contributed by atoms with van der Waals surface area (Å²) in [7, 11) is 1.65. The number of carbonyl (C=O) groups excluding carboxylic acids is 1. The number of ether oxygens (including phenoxy) is 3. The standard InChI is InChI=1S/C21H26N2O4/c1-25-20-10-6-5-9-18(20)19-15-22-11-12-23(19)21(24)16-26-13-14-27-17-7-3-2-4-8-17/h2-10,19,22H,11-16H2,1H3. The first-order chi connectivity index (χ1) is 13.3. The van der Waals surface area contributed by atoms with E-state index < -0.39 is 0 Å². The molecule has 2 aromatic carbocycles. The third-order valence-electron chi connectivity index (χ3n) is 4.53. The summed E-state index contributed by atoms with van der Waals surface area (Å²) < 4.78 is 16.6. The zero-order valence-electron chi connectivity index (χ0n) is 15.6. The van der Waals surface area contributed by atoms with E-state index in [9.17, 15) is 4.79 Å². The molecule has 3 rings (SSSR count). The van der Waals surface area contributed by atoms with Crippen LogP contribution in [0.2, 0.25) is 0 Å². The van der Waals surface area contributed by atoms with Crippen LogP contribution in [0.25, 0.3) is 0 Å². The fraction of sp³-hybridized carbons (Fsp3) is 0.381. The maximum atomic E-state index is 12.7. The van der Waals surface area contributed by atoms with E-state index in [1.54, 1.807) is 7.11 Å². The van der Waals surface area contributed by atoms with Gasteiger partial charge in [0.05, 0.1) is 19.8 Å². The molecule has 0 aliphatic carbocycles. The van der Waals surface area contributed by atoms with Crippen molar-refractivity contribution in [3.8, 4) is 11.5 Å². The summed E-state index contributed by atoms with van der Waals surface area (Å²) in [5, 5.41) is 3.35. The number of nitrogens with zero attached hydrogens (tertiary/aromatic N) is 1. The molecule has 1 amide bonds. The van der Waals surface area contributed by atoms with E-state index in [-0.39, 0.29) is 18.6 Å². The quantitative estimate of drug-likeness (QED) is 0.723. The van der Waals surface area contributed by atoms with Gasteiger partial charge in [0, 0.05) is 25.2 Å². The molecule has 1 saturated heterocycles. The Hall–Kier alpha value is -2.57. The predicted octanol–water partition coefficient (Wildman–Crippen LogP) is 2.26. The van der Waals surface area contributed by atoms with Gasteiger partial charge in [0.2, 0.25) is 5.91 Å². The highest BCUT2D eigenvalue weighted by molar-refractivity contribution is 5.78. The Morgan fingerprint density at radius 1 is 1.11 bits per heavy atom. The topological polar surface area (TPSA) is 60.0 Å². The first-order valence-corrected chi connectivity index (χ1v) is 9.18. The lowest BCUT2D eigenvalue weighted by atomic mass is 10.0. The third kappa shape index (κ3) is 5.21. The second-order valence-electron chi connectivity index (χ2n) is 6.26. The zero-order valence-corrected chi connectivity index (χ0v) is 15.6. The lowest BCUT2D eigenvalue weighted by molar-refractivity contribution is -0.139. The van der Waals surface area contributed by atoms with Crippen LogP contribution < -0.4 is 14.8 Å². The van der Waals surface area contributed by atoms with E-state index in [4.69, 9.17) is 14.2 Å². The Bertz CT molecular complexity index is 723. The molecule has 0 aromatic heterocycles. The van der Waals surface area contributed by atoms with Gasteiger partial charge in [0.1, 0.15) is 24.7 Å². The Labute approximate surface area is 160 Å². The molecule has 1 aliphatic rings. The van der Waals surface area contributed by atoms with Gasteiger partial charge in [-0.1, -0.05) is 36.4 Å². The minimum absolute atomic E-state index is 0.0212. The van der Waals surface area contributed by atoms with Gasteiger partial charge in [-0.3, -0.25) is 4.79 Å². The van der Waals surface area contributed by atoms with E-state index in [1.165, 1.54) is 0 Å². The van der Waals surface area contributed by atoms with Crippen LogP contribution in [0.3, 0.4) is 0 Å². The first kappa shape index (κ1) is 19.2. The van der Waals surface area contributed by atoms with Crippen molar-refractivity contribution in [3.05, 3.63) is 60.2 Å². The molecular weight excluding hydrogens is 344 g/mol. The molecule has 27 heavy (non-hydrogen) atoms. The van der Waals surface area contributed by atoms with Crippen LogP contribution in [0.15, 0.2) is 54.6 Å². The minimum atomic E-state index is -0.0634. The maximum Gasteiger partial charge on any atom is 0.249 e. The van der Waals surface area contributed by atoms with Crippen molar-refractivity contribution in [1.29, 1.82) is 0 Å². The van der Waals surface area contributed by atoms with Gasteiger partial charge in [0.25, 0.3) is 0 Å². The monoisotopic (exact) mass is 370 g/mol. The molecule has 0 bridgehead atoms. The summed E-state index contributed by atoms with van der Waals surface area (Å²) >= 11 is 0. The highest BCUT2D eigenvalue weighted by atomic mass is 16.5. The van der Waals surface area contributed by atoms with E-state index in [1.807, 2.05) is 59.5 Å². The Morgan fingerprint density at radius 2 is 1.89 bits per heavy atom. The highest BCUT2D eigenvalue weighted by Crippen LogP contribution is 2.30. The van der Waals surface area contributed by atoms with Gasteiger partial charge >= 0.3 is 0 Å². The molecule has 1 unspecified atom stereocenters. The third-order valence-corrected chi connectivity index (χ3v) is 4.53. The molecule has 6 nitrogen and oxygen atoms in total. The van der Waals surface area contributed by atoms with Crippen LogP contribution in [0.1, 0.15) is 11.6 Å². The predicted molar refractivity (Wildman–Crippen MR) is 103 cm³/mol. The maximum absolute atomic E-state index is 12.7. The van der Waals surface area contributed by atoms with Gasteiger partial charge < -0.3 is 24.4 Å². The average Bonchev–Trinajstić information content (AvgIpc) is 2.74. The number of para-hydroxylation sites is 2. The van der Waals surface area contributed by atoms with E-state index >= 15 is 0 Å². The van der Waals surface area contributed by atoms with Gasteiger partial charge in [-0.25, -0.2) is 0 Å². The summed E-state index contributed by atoms with van der Waals surface area (Å²) in [4.78, 5) is 14.6. The molecule has 0 saturated carbocycles. The largest absolute Gasteiger partial charge is 0.496 e. The van der Waals surface area contributed by atoms with Gasteiger partial charge in [-0.15, -0.1) is 0 Å². The van der Waals surface area contributed by atoms with Crippen molar-refractivity contribution in [2.45, 2.75) is 6.04 Å². The zero-order chi connectivity index (χ0) is 18.9. The van der Waals surface area contributed by atoms with Gasteiger partial charge in [0.15, 0.2) is 0 Å². The van der Waals surface area contributed by atoms with Crippen molar-refractivity contribution < 1.29 is 19.0 Å². The van der Waals surface area contributed by atoms with Crippen molar-refractivity contribution in [2.24, 2.45) is 0 Å². The van der Waals surface area contributed by atoms with Gasteiger partial charge in [-0.05, 0) is 18.2 Å². The Morgan fingerprint density at radius 3 is 2.70 bits per heavy atom. The van der Waals surface area contributed by atoms with Gasteiger partial charge in [-0.2, -0.15) is 0 Å². The lowest BCUT2D eigenvalue weighted by Crippen LogP contribution is -2.49. The first-order valence-electron chi connectivity index (χ1n) is 9.18. The molecule has 1 heterocycles. The smallest absolute Gasteiger partial charge is 0.249 e. The van der Waals surface area contributed by atoms with E-state index in [0.29, 0.717) is 26.3 Å². The minimum Gasteiger partial charge on any atom is -0.496 e. The number of hydrogen-bond donors (Lipinski definition) is 1. The van der Waals surface area contributed by atoms with E-state index in [0.717, 1.165) is 23.6 Å². The molecule has 2 aromatic rings. The number of carbonyl (C=O) groups is 1. The summed E-state index contributed by atoms with van der Waals surface area (Å²) in [6.45, 7) is 2.94. The normalized spacial score (nSPS) is 16.8. The van der Waals surface area contributed by atoms with E-state index in [2.05, 4.69) is 5.32 Å². The Balaban J connectivity index is 1.51. The van der Waals surface area contributed by atoms with Crippen molar-refractivity contribution in [1.82, 2.24) is 10.2 Å². The number of benzene rings is 2. The van der Waals surface area contributed by atoms with Crippen LogP contribution in [0, 0.1) is 0 Å². The fourth-order valence-electron chi connectivity index (χ4n) is 3.20. The number of rotatable bonds is 8. The number of amides is 1. The van der Waals surface area contributed by atoms with Crippen LogP contribution in [-0.4, -0.2) is 57.4 Å². The SMILES string of the molecule is COc1ccccc1C1CNCCN1C(=O)COCCOc1ccccc1. The van der Waals surface area contributed by atoms with Crippen LogP contribution >= 0.6 is 0 Å². The number of nitrogens with one attached hydrogen (secondary N) is 1. The molecule has 6 heteroatoms. The van der Waals surface area contributed by atoms with Crippen LogP contribution in [0.4, 0.5) is 0 Å². The molecule has 1 atom stereocenters. The molecule has 1 fully saturated rings. The molecule has 1 N–H and O–H groups in total. The van der Waals surface area contributed by atoms with Crippen LogP contribution in [0.5, 0.6) is 11.5 Å². The van der Waals surface area contributed by atoms with Crippen molar-refractivity contribution in [3.63, 3.8) is 0 Å². The summed E-state index contributed by atoms with van der Waals surface area (Å²) in [5.74, 6) is 1.57. The summed E-state index contributed by atoms with van der Waals surface area (Å²) in [6.07, 6.45) is 0. The van der Waals surface area contributed by atoms with Crippen LogP contribution in [-0.2, 0) is 9.53 Å². The molecule has 1 aliphatic heterocycles. The molecule has 144 valence electrons. The summed E-state index contributed by atoms with van der Waals surface area (Å²) in [5.41, 5.74) is 1.01. The van der Waals surface area contributed by atoms with Crippen molar-refractivity contribution in [2.75, 3.05) is 46.6 Å². The molecular formula is C21H26N2O4. The van der Waals surface area contributed by atoms with Crippen molar-refractivity contribution >= 4 is 5.91 Å².